The molecular weight excluding hydrogens is 258 g/mol. The first kappa shape index (κ1) is 15.2. The maximum Gasteiger partial charge on any atom is 0.118 e. The van der Waals surface area contributed by atoms with Gasteiger partial charge in [0.2, 0.25) is 0 Å². The highest BCUT2D eigenvalue weighted by Gasteiger charge is 2.00. The van der Waals surface area contributed by atoms with Gasteiger partial charge in [-0.2, -0.15) is 0 Å². The van der Waals surface area contributed by atoms with Gasteiger partial charge in [-0.25, -0.2) is 0 Å². The Bertz CT molecular complexity index is 566. The van der Waals surface area contributed by atoms with Crippen LogP contribution in [0.3, 0.4) is 0 Å². The minimum atomic E-state index is 0.885. The lowest BCUT2D eigenvalue weighted by atomic mass is 10.1. The summed E-state index contributed by atoms with van der Waals surface area (Å²) in [6.07, 6.45) is 4.25. The van der Waals surface area contributed by atoms with Crippen molar-refractivity contribution in [3.63, 3.8) is 0 Å². The number of nitrogens with zero attached hydrogens (tertiary/aromatic N) is 1. The molecule has 2 heteroatoms. The van der Waals surface area contributed by atoms with Crippen molar-refractivity contribution in [2.75, 3.05) is 25.1 Å². The third-order valence-corrected chi connectivity index (χ3v) is 3.61. The van der Waals surface area contributed by atoms with E-state index in [9.17, 15) is 0 Å². The standard InChI is InChI=1S/C19H23NO/c1-4-20(5-2)18-12-8-16(9-13-18)6-7-17-10-14-19(21-3)15-11-17/h6-15H,4-5H2,1-3H3. The molecule has 0 aliphatic rings. The summed E-state index contributed by atoms with van der Waals surface area (Å²) >= 11 is 0. The summed E-state index contributed by atoms with van der Waals surface area (Å²) in [4.78, 5) is 2.34. The van der Waals surface area contributed by atoms with E-state index < -0.39 is 0 Å². The van der Waals surface area contributed by atoms with Crippen molar-refractivity contribution < 1.29 is 4.74 Å². The molecule has 2 rings (SSSR count). The molecule has 0 atom stereocenters. The van der Waals surface area contributed by atoms with E-state index in [1.54, 1.807) is 7.11 Å². The number of rotatable bonds is 6. The van der Waals surface area contributed by atoms with Gasteiger partial charge in [-0.1, -0.05) is 36.4 Å². The Labute approximate surface area is 127 Å². The lowest BCUT2D eigenvalue weighted by molar-refractivity contribution is 0.415. The third-order valence-electron chi connectivity index (χ3n) is 3.61. The molecule has 0 N–H and O–H groups in total. The summed E-state index contributed by atoms with van der Waals surface area (Å²) in [6, 6.07) is 16.7. The molecule has 0 heterocycles. The zero-order valence-electron chi connectivity index (χ0n) is 13.0. The van der Waals surface area contributed by atoms with Crippen molar-refractivity contribution in [1.82, 2.24) is 0 Å². The molecule has 110 valence electrons. The van der Waals surface area contributed by atoms with E-state index in [1.165, 1.54) is 16.8 Å². The van der Waals surface area contributed by atoms with Gasteiger partial charge >= 0.3 is 0 Å². The Morgan fingerprint density at radius 3 is 1.71 bits per heavy atom. The second-order valence-corrected chi connectivity index (χ2v) is 4.87. The molecule has 0 saturated carbocycles. The van der Waals surface area contributed by atoms with E-state index in [-0.39, 0.29) is 0 Å². The van der Waals surface area contributed by atoms with Crippen LogP contribution in [0.15, 0.2) is 48.5 Å². The van der Waals surface area contributed by atoms with E-state index in [2.05, 4.69) is 67.3 Å². The molecule has 2 aromatic rings. The van der Waals surface area contributed by atoms with E-state index in [4.69, 9.17) is 4.74 Å². The number of hydrogen-bond donors (Lipinski definition) is 0. The van der Waals surface area contributed by atoms with Crippen LogP contribution in [0.2, 0.25) is 0 Å². The van der Waals surface area contributed by atoms with Crippen molar-refractivity contribution in [3.05, 3.63) is 59.7 Å². The van der Waals surface area contributed by atoms with E-state index in [1.807, 2.05) is 12.1 Å². The summed E-state index contributed by atoms with van der Waals surface area (Å²) in [7, 11) is 1.68. The topological polar surface area (TPSA) is 12.5 Å². The van der Waals surface area contributed by atoms with Crippen LogP contribution in [0.1, 0.15) is 25.0 Å². The van der Waals surface area contributed by atoms with Crippen molar-refractivity contribution in [2.45, 2.75) is 13.8 Å². The maximum atomic E-state index is 5.16. The molecule has 0 aromatic heterocycles. The van der Waals surface area contributed by atoms with Crippen LogP contribution in [0.5, 0.6) is 5.75 Å². The monoisotopic (exact) mass is 281 g/mol. The lowest BCUT2D eigenvalue weighted by Gasteiger charge is -2.20. The van der Waals surface area contributed by atoms with Gasteiger partial charge in [-0.3, -0.25) is 0 Å². The van der Waals surface area contributed by atoms with Gasteiger partial charge in [0.05, 0.1) is 7.11 Å². The predicted octanol–water partition coefficient (Wildman–Crippen LogP) is 4.71. The summed E-state index contributed by atoms with van der Waals surface area (Å²) in [5.41, 5.74) is 3.66. The lowest BCUT2D eigenvalue weighted by Crippen LogP contribution is -2.21. The molecule has 0 saturated heterocycles. The molecule has 0 spiro atoms. The average Bonchev–Trinajstić information content (AvgIpc) is 2.55. The molecule has 0 amide bonds. The largest absolute Gasteiger partial charge is 0.497 e. The SMILES string of the molecule is CCN(CC)c1ccc(C=Cc2ccc(OC)cc2)cc1. The van der Waals surface area contributed by atoms with E-state index >= 15 is 0 Å². The zero-order chi connectivity index (χ0) is 15.1. The summed E-state index contributed by atoms with van der Waals surface area (Å²) in [5.74, 6) is 0.885. The fourth-order valence-electron chi connectivity index (χ4n) is 2.29. The first-order valence-corrected chi connectivity index (χ1v) is 7.44. The molecule has 2 aromatic carbocycles. The molecule has 21 heavy (non-hydrogen) atoms. The smallest absolute Gasteiger partial charge is 0.118 e. The van der Waals surface area contributed by atoms with E-state index in [0.717, 1.165) is 18.8 Å². The maximum absolute atomic E-state index is 5.16. The van der Waals surface area contributed by atoms with Crippen molar-refractivity contribution >= 4 is 17.8 Å². The van der Waals surface area contributed by atoms with Crippen molar-refractivity contribution in [2.24, 2.45) is 0 Å². The van der Waals surface area contributed by atoms with Gasteiger partial charge in [-0.05, 0) is 49.2 Å². The summed E-state index contributed by atoms with van der Waals surface area (Å²) in [5, 5.41) is 0. The summed E-state index contributed by atoms with van der Waals surface area (Å²) < 4.78 is 5.16. The molecule has 0 aliphatic heterocycles. The minimum absolute atomic E-state index is 0.885. The first-order chi connectivity index (χ1) is 10.3. The van der Waals surface area contributed by atoms with Crippen molar-refractivity contribution in [1.29, 1.82) is 0 Å². The minimum Gasteiger partial charge on any atom is -0.497 e. The summed E-state index contributed by atoms with van der Waals surface area (Å²) in [6.45, 7) is 6.44. The second-order valence-electron chi connectivity index (χ2n) is 4.87. The molecule has 0 fully saturated rings. The fraction of sp³-hybridized carbons (Fsp3) is 0.263. The van der Waals surface area contributed by atoms with Crippen molar-refractivity contribution in [3.8, 4) is 5.75 Å². The predicted molar refractivity (Wildman–Crippen MR) is 91.9 cm³/mol. The number of ether oxygens (including phenoxy) is 1. The number of methoxy groups -OCH3 is 1. The molecular formula is C19H23NO. The number of anilines is 1. The van der Waals surface area contributed by atoms with Gasteiger partial charge < -0.3 is 9.64 Å². The highest BCUT2D eigenvalue weighted by molar-refractivity contribution is 5.70. The molecule has 2 nitrogen and oxygen atoms in total. The normalized spacial score (nSPS) is 10.8. The molecule has 0 unspecified atom stereocenters. The molecule has 0 aliphatic carbocycles. The Morgan fingerprint density at radius 1 is 0.810 bits per heavy atom. The van der Waals surface area contributed by atoms with Crippen LogP contribution >= 0.6 is 0 Å². The Hall–Kier alpha value is -2.22. The Balaban J connectivity index is 2.06. The van der Waals surface area contributed by atoms with Gasteiger partial charge in [0, 0.05) is 18.8 Å². The van der Waals surface area contributed by atoms with Gasteiger partial charge in [0.15, 0.2) is 0 Å². The number of benzene rings is 2. The van der Waals surface area contributed by atoms with Gasteiger partial charge in [0.1, 0.15) is 5.75 Å². The fourth-order valence-corrected chi connectivity index (χ4v) is 2.29. The van der Waals surface area contributed by atoms with Crippen LogP contribution < -0.4 is 9.64 Å². The van der Waals surface area contributed by atoms with Crippen LogP contribution in [0.4, 0.5) is 5.69 Å². The molecule has 0 bridgehead atoms. The zero-order valence-corrected chi connectivity index (χ0v) is 13.0. The van der Waals surface area contributed by atoms with Crippen LogP contribution in [0, 0.1) is 0 Å². The van der Waals surface area contributed by atoms with Gasteiger partial charge in [-0.15, -0.1) is 0 Å². The Kier molecular flexibility index (Phi) is 5.44. The molecule has 0 radical (unpaired) electrons. The van der Waals surface area contributed by atoms with E-state index in [0.29, 0.717) is 0 Å². The van der Waals surface area contributed by atoms with Crippen LogP contribution in [-0.4, -0.2) is 20.2 Å². The van der Waals surface area contributed by atoms with Gasteiger partial charge in [0.25, 0.3) is 0 Å². The quantitative estimate of drug-likeness (QED) is 0.711. The highest BCUT2D eigenvalue weighted by Crippen LogP contribution is 2.17. The Morgan fingerprint density at radius 2 is 1.29 bits per heavy atom. The average molecular weight is 281 g/mol. The second kappa shape index (κ2) is 7.53. The highest BCUT2D eigenvalue weighted by atomic mass is 16.5. The first-order valence-electron chi connectivity index (χ1n) is 7.44. The van der Waals surface area contributed by atoms with Crippen LogP contribution in [-0.2, 0) is 0 Å². The third kappa shape index (κ3) is 4.12. The number of hydrogen-bond acceptors (Lipinski definition) is 2. The van der Waals surface area contributed by atoms with Crippen LogP contribution in [0.25, 0.3) is 12.2 Å².